The van der Waals surface area contributed by atoms with Gasteiger partial charge in [-0.3, -0.25) is 9.69 Å². The molecule has 1 aliphatic heterocycles. The summed E-state index contributed by atoms with van der Waals surface area (Å²) in [6.45, 7) is 2.92. The van der Waals surface area contributed by atoms with Crippen LogP contribution in [0.2, 0.25) is 0 Å². The molecule has 172 valence electrons. The molecule has 2 amide bonds. The number of thiazole rings is 1. The molecule has 4 aromatic rings. The van der Waals surface area contributed by atoms with Gasteiger partial charge in [-0.15, -0.1) is 11.3 Å². The lowest BCUT2D eigenvalue weighted by Gasteiger charge is -2.33. The highest BCUT2D eigenvalue weighted by Gasteiger charge is 2.22. The van der Waals surface area contributed by atoms with Gasteiger partial charge in [-0.1, -0.05) is 36.4 Å². The average Bonchev–Trinajstić information content (AvgIpc) is 3.33. The van der Waals surface area contributed by atoms with Gasteiger partial charge in [0.15, 0.2) is 0 Å². The van der Waals surface area contributed by atoms with Crippen molar-refractivity contribution in [1.82, 2.24) is 14.8 Å². The van der Waals surface area contributed by atoms with Gasteiger partial charge in [0.25, 0.3) is 5.91 Å². The minimum Gasteiger partial charge on any atom is -0.465 e. The standard InChI is InChI=1S/C26H24N4O3S/c31-25(28-21-7-9-24-23(15-21)27-17-34-24)19-6-8-22(18-4-2-1-3-5-18)20(14-19)16-29-10-12-30(13-11-29)26(32)33/h1-9,14-15,17H,10-13,16H2,(H,28,31)(H,32,33). The molecule has 3 aromatic carbocycles. The Labute approximate surface area is 201 Å². The topological polar surface area (TPSA) is 85.8 Å². The number of anilines is 1. The zero-order valence-corrected chi connectivity index (χ0v) is 19.3. The van der Waals surface area contributed by atoms with E-state index in [1.54, 1.807) is 16.8 Å². The highest BCUT2D eigenvalue weighted by molar-refractivity contribution is 7.16. The van der Waals surface area contributed by atoms with Gasteiger partial charge in [-0.05, 0) is 47.0 Å². The summed E-state index contributed by atoms with van der Waals surface area (Å²) in [6, 6.07) is 21.6. The van der Waals surface area contributed by atoms with Crippen LogP contribution in [0.25, 0.3) is 21.3 Å². The maximum absolute atomic E-state index is 13.1. The molecule has 2 heterocycles. The molecule has 0 unspecified atom stereocenters. The largest absolute Gasteiger partial charge is 0.465 e. The van der Waals surface area contributed by atoms with E-state index in [4.69, 9.17) is 0 Å². The zero-order chi connectivity index (χ0) is 23.5. The SMILES string of the molecule is O=C(Nc1ccc2scnc2c1)c1ccc(-c2ccccc2)c(CN2CCN(C(=O)O)CC2)c1. The lowest BCUT2D eigenvalue weighted by Crippen LogP contribution is -2.47. The van der Waals surface area contributed by atoms with Gasteiger partial charge in [0.1, 0.15) is 0 Å². The molecule has 0 radical (unpaired) electrons. The second kappa shape index (κ2) is 9.62. The molecular weight excluding hydrogens is 448 g/mol. The Morgan fingerprint density at radius 1 is 0.971 bits per heavy atom. The smallest absolute Gasteiger partial charge is 0.407 e. The molecule has 5 rings (SSSR count). The van der Waals surface area contributed by atoms with Crippen molar-refractivity contribution in [1.29, 1.82) is 0 Å². The fourth-order valence-electron chi connectivity index (χ4n) is 4.24. The van der Waals surface area contributed by atoms with Crippen LogP contribution in [0.5, 0.6) is 0 Å². The van der Waals surface area contributed by atoms with Crippen molar-refractivity contribution in [2.45, 2.75) is 6.54 Å². The van der Waals surface area contributed by atoms with E-state index in [2.05, 4.69) is 27.3 Å². The van der Waals surface area contributed by atoms with Crippen molar-refractivity contribution in [2.75, 3.05) is 31.5 Å². The van der Waals surface area contributed by atoms with Crippen LogP contribution >= 0.6 is 11.3 Å². The van der Waals surface area contributed by atoms with Gasteiger partial charge < -0.3 is 15.3 Å². The summed E-state index contributed by atoms with van der Waals surface area (Å²) in [4.78, 5) is 32.3. The van der Waals surface area contributed by atoms with Gasteiger partial charge in [0.2, 0.25) is 0 Å². The van der Waals surface area contributed by atoms with Gasteiger partial charge in [0, 0.05) is 44.0 Å². The van der Waals surface area contributed by atoms with E-state index in [0.717, 1.165) is 26.9 Å². The summed E-state index contributed by atoms with van der Waals surface area (Å²) < 4.78 is 1.08. The molecule has 34 heavy (non-hydrogen) atoms. The van der Waals surface area contributed by atoms with Gasteiger partial charge >= 0.3 is 6.09 Å². The Morgan fingerprint density at radius 3 is 2.53 bits per heavy atom. The normalized spacial score (nSPS) is 14.3. The number of fused-ring (bicyclic) bond motifs is 1. The van der Waals surface area contributed by atoms with Crippen molar-refractivity contribution >= 4 is 39.2 Å². The Bertz CT molecular complexity index is 1330. The minimum atomic E-state index is -0.876. The van der Waals surface area contributed by atoms with Crippen LogP contribution in [0.3, 0.4) is 0 Å². The maximum atomic E-state index is 13.1. The molecule has 2 N–H and O–H groups in total. The van der Waals surface area contributed by atoms with Crippen LogP contribution in [-0.4, -0.2) is 58.1 Å². The molecule has 8 heteroatoms. The summed E-state index contributed by atoms with van der Waals surface area (Å²) >= 11 is 1.57. The molecule has 0 bridgehead atoms. The Morgan fingerprint density at radius 2 is 1.76 bits per heavy atom. The third kappa shape index (κ3) is 4.78. The third-order valence-electron chi connectivity index (χ3n) is 6.08. The molecule has 0 spiro atoms. The highest BCUT2D eigenvalue weighted by Crippen LogP contribution is 2.27. The number of nitrogens with one attached hydrogen (secondary N) is 1. The second-order valence-electron chi connectivity index (χ2n) is 8.27. The van der Waals surface area contributed by atoms with E-state index in [-0.39, 0.29) is 5.91 Å². The quantitative estimate of drug-likeness (QED) is 0.426. The molecule has 1 aliphatic rings. The zero-order valence-electron chi connectivity index (χ0n) is 18.5. The first-order valence-electron chi connectivity index (χ1n) is 11.1. The Balaban J connectivity index is 1.39. The first kappa shape index (κ1) is 22.1. The first-order valence-corrected chi connectivity index (χ1v) is 12.0. The number of piperazine rings is 1. The average molecular weight is 473 g/mol. The number of carbonyl (C=O) groups excluding carboxylic acids is 1. The van der Waals surface area contributed by atoms with Crippen molar-refractivity contribution in [3.63, 3.8) is 0 Å². The Kier molecular flexibility index (Phi) is 6.24. The predicted molar refractivity (Wildman–Crippen MR) is 134 cm³/mol. The molecular formula is C26H24N4O3S. The van der Waals surface area contributed by atoms with Crippen LogP contribution in [0.15, 0.2) is 72.2 Å². The van der Waals surface area contributed by atoms with Crippen LogP contribution in [-0.2, 0) is 6.54 Å². The van der Waals surface area contributed by atoms with E-state index in [1.165, 1.54) is 4.90 Å². The first-order chi connectivity index (χ1) is 16.6. The van der Waals surface area contributed by atoms with E-state index in [0.29, 0.717) is 44.0 Å². The number of benzene rings is 3. The number of carboxylic acid groups (broad SMARTS) is 1. The van der Waals surface area contributed by atoms with Crippen LogP contribution in [0.1, 0.15) is 15.9 Å². The fourth-order valence-corrected chi connectivity index (χ4v) is 4.90. The number of aromatic nitrogens is 1. The van der Waals surface area contributed by atoms with Crippen molar-refractivity contribution in [3.05, 3.63) is 83.4 Å². The van der Waals surface area contributed by atoms with Gasteiger partial charge in [-0.25, -0.2) is 9.78 Å². The van der Waals surface area contributed by atoms with Crippen LogP contribution < -0.4 is 5.32 Å². The summed E-state index contributed by atoms with van der Waals surface area (Å²) in [6.07, 6.45) is -0.876. The molecule has 0 saturated carbocycles. The van der Waals surface area contributed by atoms with Crippen molar-refractivity contribution in [3.8, 4) is 11.1 Å². The lowest BCUT2D eigenvalue weighted by molar-refractivity contribution is 0.101. The van der Waals surface area contributed by atoms with Crippen molar-refractivity contribution < 1.29 is 14.7 Å². The summed E-state index contributed by atoms with van der Waals surface area (Å²) in [5.41, 5.74) is 7.14. The third-order valence-corrected chi connectivity index (χ3v) is 6.89. The van der Waals surface area contributed by atoms with Crippen molar-refractivity contribution in [2.24, 2.45) is 0 Å². The summed E-state index contributed by atoms with van der Waals surface area (Å²) in [5, 5.41) is 12.2. The predicted octanol–water partition coefficient (Wildman–Crippen LogP) is 5.01. The van der Waals surface area contributed by atoms with Crippen LogP contribution in [0.4, 0.5) is 10.5 Å². The molecule has 1 fully saturated rings. The van der Waals surface area contributed by atoms with Crippen LogP contribution in [0, 0.1) is 0 Å². The van der Waals surface area contributed by atoms with E-state index < -0.39 is 6.09 Å². The fraction of sp³-hybridized carbons (Fsp3) is 0.192. The number of hydrogen-bond acceptors (Lipinski definition) is 5. The molecule has 0 aliphatic carbocycles. The Hall–Kier alpha value is -3.75. The molecule has 1 saturated heterocycles. The molecule has 7 nitrogen and oxygen atoms in total. The van der Waals surface area contributed by atoms with Gasteiger partial charge in [-0.2, -0.15) is 0 Å². The second-order valence-corrected chi connectivity index (χ2v) is 9.16. The highest BCUT2D eigenvalue weighted by atomic mass is 32.1. The number of amides is 2. The monoisotopic (exact) mass is 472 g/mol. The summed E-state index contributed by atoms with van der Waals surface area (Å²) in [5.74, 6) is -0.175. The molecule has 0 atom stereocenters. The van der Waals surface area contributed by atoms with E-state index in [9.17, 15) is 14.7 Å². The minimum absolute atomic E-state index is 0.175. The maximum Gasteiger partial charge on any atom is 0.407 e. The summed E-state index contributed by atoms with van der Waals surface area (Å²) in [7, 11) is 0. The number of nitrogens with zero attached hydrogens (tertiary/aromatic N) is 3. The lowest BCUT2D eigenvalue weighted by atomic mass is 9.96. The number of hydrogen-bond donors (Lipinski definition) is 2. The van der Waals surface area contributed by atoms with Gasteiger partial charge in [0.05, 0.1) is 15.7 Å². The number of carbonyl (C=O) groups is 2. The number of rotatable bonds is 5. The molecule has 1 aromatic heterocycles. The van der Waals surface area contributed by atoms with E-state index in [1.807, 2.05) is 54.6 Å². The van der Waals surface area contributed by atoms with E-state index >= 15 is 0 Å².